The van der Waals surface area contributed by atoms with Crippen molar-refractivity contribution in [2.24, 2.45) is 0 Å². The van der Waals surface area contributed by atoms with Gasteiger partial charge in [-0.05, 0) is 49.1 Å². The minimum Gasteiger partial charge on any atom is -0.375 e. The third-order valence-corrected chi connectivity index (χ3v) is 3.73. The normalized spacial score (nSPS) is 17.6. The Morgan fingerprint density at radius 2 is 2.22 bits per heavy atom. The number of hydrogen-bond donors (Lipinski definition) is 1. The van der Waals surface area contributed by atoms with Crippen molar-refractivity contribution in [3.63, 3.8) is 0 Å². The Hall–Kier alpha value is -1.54. The zero-order valence-corrected chi connectivity index (χ0v) is 11.0. The second kappa shape index (κ2) is 4.62. The number of aromatic nitrogens is 1. The zero-order valence-electron chi connectivity index (χ0n) is 10.3. The molecule has 2 nitrogen and oxygen atoms in total. The minimum atomic E-state index is 0.279. The van der Waals surface area contributed by atoms with Gasteiger partial charge >= 0.3 is 0 Å². The van der Waals surface area contributed by atoms with E-state index in [4.69, 9.17) is 11.6 Å². The van der Waals surface area contributed by atoms with Crippen LogP contribution in [-0.4, -0.2) is 4.98 Å². The molecule has 0 radical (unpaired) electrons. The van der Waals surface area contributed by atoms with Crippen molar-refractivity contribution < 1.29 is 0 Å². The van der Waals surface area contributed by atoms with Crippen LogP contribution in [0.1, 0.15) is 29.3 Å². The minimum absolute atomic E-state index is 0.279. The van der Waals surface area contributed by atoms with Crippen molar-refractivity contribution in [3.05, 3.63) is 58.4 Å². The highest BCUT2D eigenvalue weighted by Gasteiger charge is 2.23. The number of fused-ring (bicyclic) bond motifs is 1. The molecule has 3 heteroatoms. The van der Waals surface area contributed by atoms with Gasteiger partial charge in [-0.2, -0.15) is 0 Å². The lowest BCUT2D eigenvalue weighted by Crippen LogP contribution is -2.08. The summed E-state index contributed by atoms with van der Waals surface area (Å²) in [6.45, 7) is 2.04. The Labute approximate surface area is 112 Å². The van der Waals surface area contributed by atoms with E-state index >= 15 is 0 Å². The summed E-state index contributed by atoms with van der Waals surface area (Å²) in [7, 11) is 0. The number of nitrogens with one attached hydrogen (secondary N) is 1. The molecule has 92 valence electrons. The van der Waals surface area contributed by atoms with Crippen molar-refractivity contribution in [1.82, 2.24) is 4.98 Å². The number of benzene rings is 1. The van der Waals surface area contributed by atoms with E-state index in [2.05, 4.69) is 22.4 Å². The Morgan fingerprint density at radius 3 is 3.06 bits per heavy atom. The lowest BCUT2D eigenvalue weighted by atomic mass is 10.2. The van der Waals surface area contributed by atoms with Gasteiger partial charge in [-0.25, -0.2) is 0 Å². The Morgan fingerprint density at radius 1 is 1.33 bits per heavy atom. The van der Waals surface area contributed by atoms with Crippen molar-refractivity contribution in [2.45, 2.75) is 25.8 Å². The van der Waals surface area contributed by atoms with E-state index in [-0.39, 0.29) is 6.04 Å². The molecule has 0 saturated heterocycles. The Bertz CT molecular complexity index is 580. The van der Waals surface area contributed by atoms with Crippen molar-refractivity contribution >= 4 is 17.3 Å². The van der Waals surface area contributed by atoms with E-state index in [1.54, 1.807) is 0 Å². The predicted octanol–water partition coefficient (Wildman–Crippen LogP) is 4.14. The molecule has 1 atom stereocenters. The molecule has 1 aliphatic rings. The highest BCUT2D eigenvalue weighted by atomic mass is 35.5. The van der Waals surface area contributed by atoms with Gasteiger partial charge in [-0.1, -0.05) is 23.7 Å². The number of rotatable bonds is 2. The first-order valence-electron chi connectivity index (χ1n) is 6.20. The molecule has 1 aromatic heterocycles. The summed E-state index contributed by atoms with van der Waals surface area (Å²) in [6, 6.07) is 10.5. The van der Waals surface area contributed by atoms with E-state index in [1.807, 2.05) is 31.3 Å². The summed E-state index contributed by atoms with van der Waals surface area (Å²) >= 11 is 6.25. The molecule has 0 fully saturated rings. The molecular weight excluding hydrogens is 244 g/mol. The SMILES string of the molecule is Cc1ccc(NC2CCc3cccnc32)c(Cl)c1. The molecule has 0 spiro atoms. The second-order valence-corrected chi connectivity index (χ2v) is 5.17. The number of hydrogen-bond acceptors (Lipinski definition) is 2. The Kier molecular flexibility index (Phi) is 2.96. The van der Waals surface area contributed by atoms with Crippen LogP contribution in [0.3, 0.4) is 0 Å². The summed E-state index contributed by atoms with van der Waals surface area (Å²) in [6.07, 6.45) is 4.02. The first-order chi connectivity index (χ1) is 8.74. The molecule has 0 aliphatic heterocycles. The molecule has 1 aromatic carbocycles. The van der Waals surface area contributed by atoms with Crippen LogP contribution >= 0.6 is 11.6 Å². The molecule has 0 saturated carbocycles. The van der Waals surface area contributed by atoms with E-state index < -0.39 is 0 Å². The molecule has 1 N–H and O–H groups in total. The lowest BCUT2D eigenvalue weighted by molar-refractivity contribution is 0.746. The fourth-order valence-electron chi connectivity index (χ4n) is 2.48. The van der Waals surface area contributed by atoms with Gasteiger partial charge in [0.2, 0.25) is 0 Å². The smallest absolute Gasteiger partial charge is 0.0691 e. The molecular formula is C15H15ClN2. The fourth-order valence-corrected chi connectivity index (χ4v) is 2.77. The van der Waals surface area contributed by atoms with Gasteiger partial charge in [0.05, 0.1) is 22.4 Å². The van der Waals surface area contributed by atoms with Crippen LogP contribution in [0.2, 0.25) is 5.02 Å². The van der Waals surface area contributed by atoms with E-state index in [0.717, 1.165) is 29.2 Å². The number of pyridine rings is 1. The number of aryl methyl sites for hydroxylation is 2. The summed E-state index contributed by atoms with van der Waals surface area (Å²) < 4.78 is 0. The molecule has 18 heavy (non-hydrogen) atoms. The maximum atomic E-state index is 6.25. The van der Waals surface area contributed by atoms with Crippen LogP contribution in [0.5, 0.6) is 0 Å². The maximum Gasteiger partial charge on any atom is 0.0691 e. The largest absolute Gasteiger partial charge is 0.375 e. The molecule has 2 aromatic rings. The van der Waals surface area contributed by atoms with Gasteiger partial charge in [0.15, 0.2) is 0 Å². The molecule has 0 bridgehead atoms. The summed E-state index contributed by atoms with van der Waals surface area (Å²) in [5.74, 6) is 0. The predicted molar refractivity (Wildman–Crippen MR) is 75.1 cm³/mol. The van der Waals surface area contributed by atoms with Crippen molar-refractivity contribution in [3.8, 4) is 0 Å². The van der Waals surface area contributed by atoms with Gasteiger partial charge in [-0.15, -0.1) is 0 Å². The molecule has 1 unspecified atom stereocenters. The van der Waals surface area contributed by atoms with Gasteiger partial charge < -0.3 is 5.32 Å². The maximum absolute atomic E-state index is 6.25. The van der Waals surface area contributed by atoms with Gasteiger partial charge in [0.1, 0.15) is 0 Å². The van der Waals surface area contributed by atoms with Gasteiger partial charge in [0, 0.05) is 6.20 Å². The third-order valence-electron chi connectivity index (χ3n) is 3.41. The number of halogens is 1. The standard InChI is InChI=1S/C15H15ClN2/c1-10-4-6-13(12(16)9-10)18-14-7-5-11-3-2-8-17-15(11)14/h2-4,6,8-9,14,18H,5,7H2,1H3. The fraction of sp³-hybridized carbons (Fsp3) is 0.267. The van der Waals surface area contributed by atoms with E-state index in [0.29, 0.717) is 0 Å². The van der Waals surface area contributed by atoms with Gasteiger partial charge in [-0.3, -0.25) is 4.98 Å². The topological polar surface area (TPSA) is 24.9 Å². The van der Waals surface area contributed by atoms with Crippen LogP contribution in [0, 0.1) is 6.92 Å². The highest BCUT2D eigenvalue weighted by Crippen LogP contribution is 2.34. The average molecular weight is 259 g/mol. The highest BCUT2D eigenvalue weighted by molar-refractivity contribution is 6.33. The van der Waals surface area contributed by atoms with E-state index in [9.17, 15) is 0 Å². The zero-order chi connectivity index (χ0) is 12.5. The average Bonchev–Trinajstić information content (AvgIpc) is 2.76. The summed E-state index contributed by atoms with van der Waals surface area (Å²) in [4.78, 5) is 4.48. The summed E-state index contributed by atoms with van der Waals surface area (Å²) in [5.41, 5.74) is 4.67. The summed E-state index contributed by atoms with van der Waals surface area (Å²) in [5, 5.41) is 4.28. The van der Waals surface area contributed by atoms with E-state index in [1.165, 1.54) is 11.1 Å². The van der Waals surface area contributed by atoms with Crippen LogP contribution < -0.4 is 5.32 Å². The Balaban J connectivity index is 1.86. The van der Waals surface area contributed by atoms with Gasteiger partial charge in [0.25, 0.3) is 0 Å². The third kappa shape index (κ3) is 2.08. The first-order valence-corrected chi connectivity index (χ1v) is 6.58. The number of nitrogens with zero attached hydrogens (tertiary/aromatic N) is 1. The first kappa shape index (κ1) is 11.5. The van der Waals surface area contributed by atoms with Crippen LogP contribution in [0.4, 0.5) is 5.69 Å². The molecule has 1 heterocycles. The molecule has 3 rings (SSSR count). The molecule has 0 amide bonds. The quantitative estimate of drug-likeness (QED) is 0.876. The van der Waals surface area contributed by atoms with Crippen LogP contribution in [-0.2, 0) is 6.42 Å². The monoisotopic (exact) mass is 258 g/mol. The van der Waals surface area contributed by atoms with Crippen molar-refractivity contribution in [1.29, 1.82) is 0 Å². The lowest BCUT2D eigenvalue weighted by Gasteiger charge is -2.16. The second-order valence-electron chi connectivity index (χ2n) is 4.77. The van der Waals surface area contributed by atoms with Crippen LogP contribution in [0.15, 0.2) is 36.5 Å². The van der Waals surface area contributed by atoms with Crippen LogP contribution in [0.25, 0.3) is 0 Å². The molecule has 1 aliphatic carbocycles. The van der Waals surface area contributed by atoms with Crippen molar-refractivity contribution in [2.75, 3.05) is 5.32 Å². The number of anilines is 1.